The van der Waals surface area contributed by atoms with Crippen LogP contribution in [-0.4, -0.2) is 19.1 Å². The van der Waals surface area contributed by atoms with E-state index in [4.69, 9.17) is 4.74 Å². The Morgan fingerprint density at radius 3 is 3.05 bits per heavy atom. The molecule has 0 atom stereocenters. The maximum Gasteiger partial charge on any atom is 0.257 e. The number of ether oxygens (including phenoxy) is 1. The van der Waals surface area contributed by atoms with Crippen molar-refractivity contribution in [3.63, 3.8) is 0 Å². The highest BCUT2D eigenvalue weighted by Crippen LogP contribution is 2.26. The molecule has 0 spiro atoms. The molecule has 0 heterocycles. The minimum Gasteiger partial charge on any atom is -0.483 e. The Morgan fingerprint density at radius 2 is 2.21 bits per heavy atom. The first kappa shape index (κ1) is 13.4. The van der Waals surface area contributed by atoms with E-state index in [1.165, 1.54) is 5.57 Å². The summed E-state index contributed by atoms with van der Waals surface area (Å²) in [5.74, 6) is 0.713. The monoisotopic (exact) mass is 257 g/mol. The van der Waals surface area contributed by atoms with Gasteiger partial charge in [-0.1, -0.05) is 36.5 Å². The van der Waals surface area contributed by atoms with E-state index >= 15 is 0 Å². The summed E-state index contributed by atoms with van der Waals surface area (Å²) in [7, 11) is 0. The van der Waals surface area contributed by atoms with E-state index in [2.05, 4.69) is 23.5 Å². The molecular weight excluding hydrogens is 238 g/mol. The maximum absolute atomic E-state index is 11.5. The summed E-state index contributed by atoms with van der Waals surface area (Å²) in [6, 6.07) is 0. The van der Waals surface area contributed by atoms with Gasteiger partial charge >= 0.3 is 0 Å². The first-order chi connectivity index (χ1) is 9.31. The van der Waals surface area contributed by atoms with E-state index < -0.39 is 0 Å². The summed E-state index contributed by atoms with van der Waals surface area (Å²) in [5.41, 5.74) is 2.30. The number of carbonyl (C=O) groups excluding carboxylic acids is 1. The minimum absolute atomic E-state index is 0.0672. The number of hydrogen-bond acceptors (Lipinski definition) is 2. The number of likely N-dealkylation sites (N-methyl/N-ethyl adjacent to an activating group) is 1. The van der Waals surface area contributed by atoms with Crippen LogP contribution in [0, 0.1) is 0 Å². The van der Waals surface area contributed by atoms with E-state index in [9.17, 15) is 4.79 Å². The van der Waals surface area contributed by atoms with Gasteiger partial charge in [0.25, 0.3) is 5.91 Å². The zero-order chi connectivity index (χ0) is 13.5. The van der Waals surface area contributed by atoms with Gasteiger partial charge in [-0.25, -0.2) is 0 Å². The van der Waals surface area contributed by atoms with Gasteiger partial charge in [-0.15, -0.1) is 0 Å². The quantitative estimate of drug-likeness (QED) is 0.841. The number of carbonyl (C=O) groups is 1. The molecule has 2 aliphatic rings. The van der Waals surface area contributed by atoms with Crippen LogP contribution >= 0.6 is 0 Å². The molecule has 2 rings (SSSR count). The lowest BCUT2D eigenvalue weighted by Crippen LogP contribution is -2.27. The van der Waals surface area contributed by atoms with Gasteiger partial charge < -0.3 is 10.1 Å². The Labute approximate surface area is 114 Å². The van der Waals surface area contributed by atoms with E-state index in [1.54, 1.807) is 0 Å². The van der Waals surface area contributed by atoms with Gasteiger partial charge in [0.05, 0.1) is 0 Å². The molecule has 0 aromatic carbocycles. The topological polar surface area (TPSA) is 38.3 Å². The van der Waals surface area contributed by atoms with Crippen molar-refractivity contribution in [1.29, 1.82) is 0 Å². The molecule has 3 heteroatoms. The second-order valence-corrected chi connectivity index (χ2v) is 4.38. The number of allylic oxidation sites excluding steroid dienone is 8. The molecule has 3 nitrogen and oxygen atoms in total. The first-order valence-electron chi connectivity index (χ1n) is 6.64. The lowest BCUT2D eigenvalue weighted by Gasteiger charge is -2.12. The Balaban J connectivity index is 2.11. The number of hydrogen-bond donors (Lipinski definition) is 1. The van der Waals surface area contributed by atoms with Crippen molar-refractivity contribution in [1.82, 2.24) is 5.32 Å². The molecule has 0 unspecified atom stereocenters. The predicted octanol–water partition coefficient (Wildman–Crippen LogP) is 2.80. The van der Waals surface area contributed by atoms with Crippen LogP contribution in [0.5, 0.6) is 0 Å². The summed E-state index contributed by atoms with van der Waals surface area (Å²) >= 11 is 0. The maximum atomic E-state index is 11.5. The van der Waals surface area contributed by atoms with Gasteiger partial charge in [-0.3, -0.25) is 4.79 Å². The predicted molar refractivity (Wildman–Crippen MR) is 76.4 cm³/mol. The van der Waals surface area contributed by atoms with E-state index in [1.807, 2.05) is 31.2 Å². The lowest BCUT2D eigenvalue weighted by molar-refractivity contribution is -0.124. The Bertz CT molecular complexity index is 493. The Hall–Kier alpha value is -2.03. The van der Waals surface area contributed by atoms with Crippen LogP contribution in [-0.2, 0) is 9.53 Å². The van der Waals surface area contributed by atoms with Crippen LogP contribution in [0.2, 0.25) is 0 Å². The highest BCUT2D eigenvalue weighted by molar-refractivity contribution is 5.77. The van der Waals surface area contributed by atoms with Crippen molar-refractivity contribution < 1.29 is 9.53 Å². The summed E-state index contributed by atoms with van der Waals surface area (Å²) < 4.78 is 5.67. The molecule has 0 aliphatic heterocycles. The molecule has 0 radical (unpaired) electrons. The lowest BCUT2D eigenvalue weighted by atomic mass is 10.0. The first-order valence-corrected chi connectivity index (χ1v) is 6.64. The standard InChI is InChI=1S/C16H19NO2/c1-2-17-16(18)12-19-15-11-7-6-9-13-8-4-3-5-10-14(13)15/h3-6,9-11H,2,7-8,12H2,1H3,(H,17,18). The third-order valence-corrected chi connectivity index (χ3v) is 2.95. The minimum atomic E-state index is -0.0847. The fraction of sp³-hybridized carbons (Fsp3) is 0.312. The summed E-state index contributed by atoms with van der Waals surface area (Å²) in [4.78, 5) is 11.5. The van der Waals surface area contributed by atoms with Crippen molar-refractivity contribution in [3.8, 4) is 0 Å². The van der Waals surface area contributed by atoms with E-state index in [0.29, 0.717) is 6.54 Å². The molecule has 2 aliphatic carbocycles. The second kappa shape index (κ2) is 6.78. The van der Waals surface area contributed by atoms with Gasteiger partial charge in [0.15, 0.2) is 6.61 Å². The smallest absolute Gasteiger partial charge is 0.257 e. The van der Waals surface area contributed by atoms with Gasteiger partial charge in [-0.2, -0.15) is 0 Å². The number of rotatable bonds is 4. The number of nitrogens with one attached hydrogen (secondary N) is 1. The van der Waals surface area contributed by atoms with Crippen LogP contribution in [0.3, 0.4) is 0 Å². The molecule has 0 aromatic rings. The van der Waals surface area contributed by atoms with Crippen molar-refractivity contribution in [2.24, 2.45) is 0 Å². The molecule has 1 amide bonds. The number of amides is 1. The zero-order valence-corrected chi connectivity index (χ0v) is 11.2. The van der Waals surface area contributed by atoms with Gasteiger partial charge in [0, 0.05) is 12.1 Å². The largest absolute Gasteiger partial charge is 0.483 e. The fourth-order valence-electron chi connectivity index (χ4n) is 2.06. The molecule has 0 fully saturated rings. The molecule has 0 aromatic heterocycles. The molecule has 100 valence electrons. The van der Waals surface area contributed by atoms with Crippen LogP contribution in [0.15, 0.2) is 59.4 Å². The molecular formula is C16H19NO2. The zero-order valence-electron chi connectivity index (χ0n) is 11.2. The molecule has 0 saturated heterocycles. The van der Waals surface area contributed by atoms with E-state index in [-0.39, 0.29) is 12.5 Å². The van der Waals surface area contributed by atoms with Crippen molar-refractivity contribution in [3.05, 3.63) is 59.4 Å². The summed E-state index contributed by atoms with van der Waals surface area (Å²) in [6.07, 6.45) is 16.2. The second-order valence-electron chi connectivity index (χ2n) is 4.38. The highest BCUT2D eigenvalue weighted by Gasteiger charge is 2.13. The van der Waals surface area contributed by atoms with Crippen LogP contribution < -0.4 is 5.32 Å². The average Bonchev–Trinajstić information content (AvgIpc) is 2.72. The summed E-state index contributed by atoms with van der Waals surface area (Å²) in [6.45, 7) is 2.59. The molecule has 0 bridgehead atoms. The fourth-order valence-corrected chi connectivity index (χ4v) is 2.06. The van der Waals surface area contributed by atoms with Crippen molar-refractivity contribution in [2.45, 2.75) is 19.8 Å². The third-order valence-electron chi connectivity index (χ3n) is 2.95. The third kappa shape index (κ3) is 3.71. The van der Waals surface area contributed by atoms with Crippen molar-refractivity contribution >= 4 is 5.91 Å². The normalized spacial score (nSPS) is 17.4. The van der Waals surface area contributed by atoms with E-state index in [0.717, 1.165) is 24.2 Å². The van der Waals surface area contributed by atoms with Gasteiger partial charge in [-0.05, 0) is 31.4 Å². The van der Waals surface area contributed by atoms with Gasteiger partial charge in [0.1, 0.15) is 5.76 Å². The van der Waals surface area contributed by atoms with Crippen LogP contribution in [0.25, 0.3) is 0 Å². The Morgan fingerprint density at radius 1 is 1.32 bits per heavy atom. The average molecular weight is 257 g/mol. The molecule has 1 N–H and O–H groups in total. The Kier molecular flexibility index (Phi) is 4.78. The van der Waals surface area contributed by atoms with Gasteiger partial charge in [0.2, 0.25) is 0 Å². The van der Waals surface area contributed by atoms with Crippen LogP contribution in [0.4, 0.5) is 0 Å². The highest BCUT2D eigenvalue weighted by atomic mass is 16.5. The molecule has 19 heavy (non-hydrogen) atoms. The van der Waals surface area contributed by atoms with Crippen LogP contribution in [0.1, 0.15) is 19.8 Å². The molecule has 0 saturated carbocycles. The van der Waals surface area contributed by atoms with Crippen molar-refractivity contribution in [2.75, 3.05) is 13.2 Å². The SMILES string of the molecule is CCNC(=O)COC1=CCC=CC2=C1C=CC=CC2. The summed E-state index contributed by atoms with van der Waals surface area (Å²) in [5, 5.41) is 2.73.